The molecular weight excluding hydrogens is 260 g/mol. The van der Waals surface area contributed by atoms with E-state index in [1.165, 1.54) is 0 Å². The molecule has 0 spiro atoms. The van der Waals surface area contributed by atoms with Gasteiger partial charge >= 0.3 is 0 Å². The minimum absolute atomic E-state index is 0.0292. The van der Waals surface area contributed by atoms with Crippen molar-refractivity contribution in [2.45, 2.75) is 13.2 Å². The third kappa shape index (κ3) is 2.35. The SMILES string of the molecule is OCc1cn(Cc2ccncc2)c2cc(Cl)ccc12. The van der Waals surface area contributed by atoms with Gasteiger partial charge in [-0.25, -0.2) is 0 Å². The lowest BCUT2D eigenvalue weighted by Crippen LogP contribution is -1.97. The smallest absolute Gasteiger partial charge is 0.0702 e. The standard InChI is InChI=1S/C15H13ClN2O/c16-13-1-2-14-12(10-19)9-18(15(14)7-13)8-11-3-5-17-6-4-11/h1-7,9,19H,8,10H2. The van der Waals surface area contributed by atoms with Crippen LogP contribution in [0, 0.1) is 0 Å². The van der Waals surface area contributed by atoms with Crippen LogP contribution in [0.3, 0.4) is 0 Å². The maximum Gasteiger partial charge on any atom is 0.0702 e. The Kier molecular flexibility index (Phi) is 3.23. The molecular formula is C15H13ClN2O. The zero-order valence-corrected chi connectivity index (χ0v) is 11.0. The van der Waals surface area contributed by atoms with Crippen LogP contribution in [0.15, 0.2) is 48.9 Å². The number of fused-ring (bicyclic) bond motifs is 1. The van der Waals surface area contributed by atoms with E-state index in [0.717, 1.165) is 28.6 Å². The molecule has 1 N–H and O–H groups in total. The van der Waals surface area contributed by atoms with Gasteiger partial charge in [0.05, 0.1) is 12.1 Å². The lowest BCUT2D eigenvalue weighted by atomic mass is 10.2. The highest BCUT2D eigenvalue weighted by atomic mass is 35.5. The summed E-state index contributed by atoms with van der Waals surface area (Å²) in [7, 11) is 0. The van der Waals surface area contributed by atoms with Crippen molar-refractivity contribution in [1.29, 1.82) is 0 Å². The van der Waals surface area contributed by atoms with Gasteiger partial charge in [0.2, 0.25) is 0 Å². The second-order valence-corrected chi connectivity index (χ2v) is 4.89. The molecule has 0 saturated heterocycles. The monoisotopic (exact) mass is 272 g/mol. The van der Waals surface area contributed by atoms with Gasteiger partial charge in [-0.3, -0.25) is 4.98 Å². The molecule has 3 nitrogen and oxygen atoms in total. The van der Waals surface area contributed by atoms with Gasteiger partial charge in [-0.05, 0) is 29.8 Å². The zero-order valence-electron chi connectivity index (χ0n) is 10.3. The van der Waals surface area contributed by atoms with Crippen molar-refractivity contribution in [1.82, 2.24) is 9.55 Å². The van der Waals surface area contributed by atoms with E-state index in [1.807, 2.05) is 36.5 Å². The van der Waals surface area contributed by atoms with E-state index < -0.39 is 0 Å². The molecule has 0 aliphatic heterocycles. The fraction of sp³-hybridized carbons (Fsp3) is 0.133. The van der Waals surface area contributed by atoms with Crippen molar-refractivity contribution >= 4 is 22.5 Å². The van der Waals surface area contributed by atoms with Crippen molar-refractivity contribution in [2.75, 3.05) is 0 Å². The van der Waals surface area contributed by atoms with Crippen molar-refractivity contribution in [3.63, 3.8) is 0 Å². The lowest BCUT2D eigenvalue weighted by Gasteiger charge is -2.05. The van der Waals surface area contributed by atoms with Gasteiger partial charge in [-0.2, -0.15) is 0 Å². The van der Waals surface area contributed by atoms with Gasteiger partial charge in [-0.1, -0.05) is 17.7 Å². The van der Waals surface area contributed by atoms with Crippen LogP contribution in [0.5, 0.6) is 0 Å². The number of aliphatic hydroxyl groups excluding tert-OH is 1. The number of aromatic nitrogens is 2. The highest BCUT2D eigenvalue weighted by Crippen LogP contribution is 2.25. The van der Waals surface area contributed by atoms with E-state index in [1.54, 1.807) is 12.4 Å². The molecule has 3 rings (SSSR count). The number of rotatable bonds is 3. The molecule has 2 heterocycles. The third-order valence-corrected chi connectivity index (χ3v) is 3.43. The molecule has 0 aliphatic rings. The van der Waals surface area contributed by atoms with Crippen molar-refractivity contribution < 1.29 is 5.11 Å². The number of hydrogen-bond donors (Lipinski definition) is 1. The van der Waals surface area contributed by atoms with Gasteiger partial charge < -0.3 is 9.67 Å². The molecule has 1 aromatic carbocycles. The highest BCUT2D eigenvalue weighted by Gasteiger charge is 2.08. The van der Waals surface area contributed by atoms with E-state index >= 15 is 0 Å². The van der Waals surface area contributed by atoms with Crippen molar-refractivity contribution in [3.05, 3.63) is 65.1 Å². The average molecular weight is 273 g/mol. The molecule has 0 fully saturated rings. The van der Waals surface area contributed by atoms with Gasteiger partial charge in [0.25, 0.3) is 0 Å². The summed E-state index contributed by atoms with van der Waals surface area (Å²) < 4.78 is 2.10. The molecule has 4 heteroatoms. The Bertz CT molecular complexity index is 707. The second-order valence-electron chi connectivity index (χ2n) is 4.46. The van der Waals surface area contributed by atoms with Crippen molar-refractivity contribution in [3.8, 4) is 0 Å². The van der Waals surface area contributed by atoms with Gasteiger partial charge in [0.15, 0.2) is 0 Å². The summed E-state index contributed by atoms with van der Waals surface area (Å²) in [6.07, 6.45) is 5.53. The Morgan fingerprint density at radius 3 is 2.68 bits per heavy atom. The molecule has 0 amide bonds. The normalized spacial score (nSPS) is 11.1. The van der Waals surface area contributed by atoms with Gasteiger partial charge in [-0.15, -0.1) is 0 Å². The summed E-state index contributed by atoms with van der Waals surface area (Å²) in [5, 5.41) is 11.2. The zero-order chi connectivity index (χ0) is 13.2. The predicted molar refractivity (Wildman–Crippen MR) is 76.2 cm³/mol. The van der Waals surface area contributed by atoms with Crippen LogP contribution in [0.4, 0.5) is 0 Å². The molecule has 0 saturated carbocycles. The minimum Gasteiger partial charge on any atom is -0.392 e. The topological polar surface area (TPSA) is 38.0 Å². The molecule has 96 valence electrons. The Hall–Kier alpha value is -1.84. The molecule has 0 unspecified atom stereocenters. The fourth-order valence-corrected chi connectivity index (χ4v) is 2.45. The molecule has 2 aromatic heterocycles. The summed E-state index contributed by atoms with van der Waals surface area (Å²) in [4.78, 5) is 4.01. The minimum atomic E-state index is 0.0292. The maximum absolute atomic E-state index is 9.43. The van der Waals surface area contributed by atoms with Crippen LogP contribution in [0.2, 0.25) is 5.02 Å². The summed E-state index contributed by atoms with van der Waals surface area (Å²) in [5.41, 5.74) is 3.12. The number of nitrogens with zero attached hydrogens (tertiary/aromatic N) is 2. The van der Waals surface area contributed by atoms with E-state index in [-0.39, 0.29) is 6.61 Å². The fourth-order valence-electron chi connectivity index (χ4n) is 2.28. The summed E-state index contributed by atoms with van der Waals surface area (Å²) in [6.45, 7) is 0.765. The molecule has 0 bridgehead atoms. The quantitative estimate of drug-likeness (QED) is 0.795. The largest absolute Gasteiger partial charge is 0.392 e. The molecule has 0 aliphatic carbocycles. The third-order valence-electron chi connectivity index (χ3n) is 3.20. The Balaban J connectivity index is 2.10. The molecule has 19 heavy (non-hydrogen) atoms. The van der Waals surface area contributed by atoms with Gasteiger partial charge in [0.1, 0.15) is 0 Å². The highest BCUT2D eigenvalue weighted by molar-refractivity contribution is 6.31. The Morgan fingerprint density at radius 2 is 1.95 bits per heavy atom. The van der Waals surface area contributed by atoms with Crippen molar-refractivity contribution in [2.24, 2.45) is 0 Å². The van der Waals surface area contributed by atoms with E-state index in [4.69, 9.17) is 11.6 Å². The Labute approximate surface area is 116 Å². The van der Waals surface area contributed by atoms with Crippen LogP contribution < -0.4 is 0 Å². The Morgan fingerprint density at radius 1 is 1.16 bits per heavy atom. The number of halogens is 1. The second kappa shape index (κ2) is 5.03. The summed E-state index contributed by atoms with van der Waals surface area (Å²) in [6, 6.07) is 9.69. The molecule has 0 atom stereocenters. The number of benzene rings is 1. The lowest BCUT2D eigenvalue weighted by molar-refractivity contribution is 0.283. The summed E-state index contributed by atoms with van der Waals surface area (Å²) in [5.74, 6) is 0. The first kappa shape index (κ1) is 12.2. The van der Waals surface area contributed by atoms with E-state index in [9.17, 15) is 5.11 Å². The predicted octanol–water partition coefficient (Wildman–Crippen LogP) is 3.23. The van der Waals surface area contributed by atoms with E-state index in [0.29, 0.717) is 5.02 Å². The first-order chi connectivity index (χ1) is 9.28. The van der Waals surface area contributed by atoms with Crippen LogP contribution in [-0.4, -0.2) is 14.7 Å². The number of hydrogen-bond acceptors (Lipinski definition) is 2. The number of aliphatic hydroxyl groups is 1. The average Bonchev–Trinajstić information content (AvgIpc) is 2.77. The van der Waals surface area contributed by atoms with Crippen LogP contribution >= 0.6 is 11.6 Å². The first-order valence-electron chi connectivity index (χ1n) is 6.05. The first-order valence-corrected chi connectivity index (χ1v) is 6.43. The number of pyridine rings is 1. The van der Waals surface area contributed by atoms with Crippen LogP contribution in [0.25, 0.3) is 10.9 Å². The maximum atomic E-state index is 9.43. The van der Waals surface area contributed by atoms with E-state index in [2.05, 4.69) is 9.55 Å². The molecule has 3 aromatic rings. The van der Waals surface area contributed by atoms with Crippen LogP contribution in [0.1, 0.15) is 11.1 Å². The summed E-state index contributed by atoms with van der Waals surface area (Å²) >= 11 is 6.06. The van der Waals surface area contributed by atoms with Crippen LogP contribution in [-0.2, 0) is 13.2 Å². The van der Waals surface area contributed by atoms with Gasteiger partial charge in [0, 0.05) is 41.1 Å². The molecule has 0 radical (unpaired) electrons.